The van der Waals surface area contributed by atoms with Gasteiger partial charge in [-0.1, -0.05) is 30.3 Å². The van der Waals surface area contributed by atoms with Gasteiger partial charge in [-0.3, -0.25) is 9.79 Å². The average molecular weight is 435 g/mol. The monoisotopic (exact) mass is 434 g/mol. The molecule has 1 heterocycles. The standard InChI is InChI=1S/C24H30N6O2/c1-4-26-23(31)18-32-22-12-8-9-19(13-22)14-27-24(25-2)29(3)16-20-15-28-30(17-20)21-10-6-5-7-11-21/h5-13,15,17H,4,14,16,18H2,1-3H3,(H,25,27)(H,26,31). The zero-order valence-electron chi connectivity index (χ0n) is 18.8. The number of hydrogen-bond donors (Lipinski definition) is 2. The van der Waals surface area contributed by atoms with E-state index in [0.29, 0.717) is 25.4 Å². The van der Waals surface area contributed by atoms with Crippen LogP contribution in [0.25, 0.3) is 5.69 Å². The smallest absolute Gasteiger partial charge is 0.257 e. The van der Waals surface area contributed by atoms with Crippen LogP contribution < -0.4 is 15.4 Å². The molecule has 0 bridgehead atoms. The number of guanidine groups is 1. The van der Waals surface area contributed by atoms with Crippen molar-refractivity contribution in [2.24, 2.45) is 4.99 Å². The number of aliphatic imine (C=N–C) groups is 1. The van der Waals surface area contributed by atoms with E-state index in [1.807, 2.05) is 90.5 Å². The summed E-state index contributed by atoms with van der Waals surface area (Å²) >= 11 is 0. The second kappa shape index (κ2) is 11.5. The van der Waals surface area contributed by atoms with E-state index in [4.69, 9.17) is 4.74 Å². The highest BCUT2D eigenvalue weighted by molar-refractivity contribution is 5.79. The first-order chi connectivity index (χ1) is 15.6. The molecule has 0 aliphatic carbocycles. The number of rotatable bonds is 9. The summed E-state index contributed by atoms with van der Waals surface area (Å²) in [5.74, 6) is 1.30. The Morgan fingerprint density at radius 1 is 1.12 bits per heavy atom. The number of nitrogens with zero attached hydrogens (tertiary/aromatic N) is 4. The molecule has 168 valence electrons. The molecule has 0 aliphatic heterocycles. The summed E-state index contributed by atoms with van der Waals surface area (Å²) in [7, 11) is 3.75. The quantitative estimate of drug-likeness (QED) is 0.400. The van der Waals surface area contributed by atoms with E-state index in [2.05, 4.69) is 20.7 Å². The van der Waals surface area contributed by atoms with E-state index in [1.165, 1.54) is 0 Å². The molecule has 0 fully saturated rings. The topological polar surface area (TPSA) is 83.8 Å². The molecule has 3 rings (SSSR count). The van der Waals surface area contributed by atoms with Crippen LogP contribution in [0.4, 0.5) is 0 Å². The Bertz CT molecular complexity index is 1030. The molecular weight excluding hydrogens is 404 g/mol. The third kappa shape index (κ3) is 6.60. The van der Waals surface area contributed by atoms with Gasteiger partial charge in [0.05, 0.1) is 11.9 Å². The maximum absolute atomic E-state index is 11.6. The van der Waals surface area contributed by atoms with Crippen LogP contribution in [0.15, 0.2) is 72.0 Å². The molecule has 0 saturated heterocycles. The Hall–Kier alpha value is -3.81. The first kappa shape index (κ1) is 22.9. The van der Waals surface area contributed by atoms with E-state index in [9.17, 15) is 4.79 Å². The van der Waals surface area contributed by atoms with Crippen LogP contribution in [0.2, 0.25) is 0 Å². The fourth-order valence-corrected chi connectivity index (χ4v) is 3.22. The average Bonchev–Trinajstić information content (AvgIpc) is 3.28. The molecule has 1 amide bonds. The van der Waals surface area contributed by atoms with Crippen LogP contribution in [0.1, 0.15) is 18.1 Å². The van der Waals surface area contributed by atoms with Gasteiger partial charge >= 0.3 is 0 Å². The van der Waals surface area contributed by atoms with Gasteiger partial charge in [-0.15, -0.1) is 0 Å². The number of amides is 1. The molecule has 0 aliphatic rings. The number of carbonyl (C=O) groups excluding carboxylic acids is 1. The zero-order valence-corrected chi connectivity index (χ0v) is 18.8. The summed E-state index contributed by atoms with van der Waals surface area (Å²) in [4.78, 5) is 18.0. The number of para-hydroxylation sites is 1. The summed E-state index contributed by atoms with van der Waals surface area (Å²) in [5.41, 5.74) is 3.14. The van der Waals surface area contributed by atoms with E-state index in [1.54, 1.807) is 7.05 Å². The lowest BCUT2D eigenvalue weighted by molar-refractivity contribution is -0.122. The molecule has 3 aromatic rings. The van der Waals surface area contributed by atoms with Gasteiger partial charge in [0.2, 0.25) is 0 Å². The Morgan fingerprint density at radius 2 is 1.94 bits per heavy atom. The van der Waals surface area contributed by atoms with Crippen LogP contribution in [0.3, 0.4) is 0 Å². The van der Waals surface area contributed by atoms with Crippen LogP contribution in [0.5, 0.6) is 5.75 Å². The largest absolute Gasteiger partial charge is 0.484 e. The minimum absolute atomic E-state index is 0.00575. The Balaban J connectivity index is 1.54. The maximum Gasteiger partial charge on any atom is 0.257 e. The highest BCUT2D eigenvalue weighted by Gasteiger charge is 2.09. The number of aromatic nitrogens is 2. The first-order valence-electron chi connectivity index (χ1n) is 10.6. The number of ether oxygens (including phenoxy) is 1. The molecule has 32 heavy (non-hydrogen) atoms. The minimum atomic E-state index is -0.131. The number of hydrogen-bond acceptors (Lipinski definition) is 4. The van der Waals surface area contributed by atoms with Gasteiger partial charge in [0.25, 0.3) is 5.91 Å². The molecule has 0 spiro atoms. The van der Waals surface area contributed by atoms with E-state index >= 15 is 0 Å². The normalized spacial score (nSPS) is 11.2. The highest BCUT2D eigenvalue weighted by atomic mass is 16.5. The lowest BCUT2D eigenvalue weighted by Gasteiger charge is -2.21. The maximum atomic E-state index is 11.6. The van der Waals surface area contributed by atoms with Gasteiger partial charge in [0.1, 0.15) is 5.75 Å². The van der Waals surface area contributed by atoms with Crippen molar-refractivity contribution in [3.8, 4) is 11.4 Å². The van der Waals surface area contributed by atoms with Crippen molar-refractivity contribution in [1.29, 1.82) is 0 Å². The van der Waals surface area contributed by atoms with E-state index in [-0.39, 0.29) is 12.5 Å². The lowest BCUT2D eigenvalue weighted by Crippen LogP contribution is -2.38. The number of carbonyl (C=O) groups is 1. The van der Waals surface area contributed by atoms with Crippen molar-refractivity contribution >= 4 is 11.9 Å². The first-order valence-corrected chi connectivity index (χ1v) is 10.6. The van der Waals surface area contributed by atoms with Gasteiger partial charge in [-0.05, 0) is 36.8 Å². The zero-order chi connectivity index (χ0) is 22.8. The molecule has 0 unspecified atom stereocenters. The fourth-order valence-electron chi connectivity index (χ4n) is 3.22. The summed E-state index contributed by atoms with van der Waals surface area (Å²) in [6, 6.07) is 17.7. The predicted molar refractivity (Wildman–Crippen MR) is 126 cm³/mol. The van der Waals surface area contributed by atoms with Gasteiger partial charge in [-0.25, -0.2) is 4.68 Å². The summed E-state index contributed by atoms with van der Waals surface area (Å²) in [6.07, 6.45) is 3.89. The van der Waals surface area contributed by atoms with Crippen molar-refractivity contribution in [2.45, 2.75) is 20.0 Å². The third-order valence-corrected chi connectivity index (χ3v) is 4.74. The minimum Gasteiger partial charge on any atom is -0.484 e. The Labute approximate surface area is 188 Å². The third-order valence-electron chi connectivity index (χ3n) is 4.74. The molecular formula is C24H30N6O2. The SMILES string of the molecule is CCNC(=O)COc1cccc(CNC(=NC)N(C)Cc2cnn(-c3ccccc3)c2)c1. The van der Waals surface area contributed by atoms with Gasteiger partial charge < -0.3 is 20.3 Å². The van der Waals surface area contributed by atoms with Crippen molar-refractivity contribution in [1.82, 2.24) is 25.3 Å². The summed E-state index contributed by atoms with van der Waals surface area (Å²) in [5, 5.41) is 10.5. The second-order valence-corrected chi connectivity index (χ2v) is 7.28. The molecule has 1 aromatic heterocycles. The number of likely N-dealkylation sites (N-methyl/N-ethyl adjacent to an activating group) is 1. The van der Waals surface area contributed by atoms with Crippen LogP contribution in [-0.2, 0) is 17.9 Å². The van der Waals surface area contributed by atoms with Crippen molar-refractivity contribution < 1.29 is 9.53 Å². The predicted octanol–water partition coefficient (Wildman–Crippen LogP) is 2.59. The van der Waals surface area contributed by atoms with Crippen molar-refractivity contribution in [3.63, 3.8) is 0 Å². The van der Waals surface area contributed by atoms with Crippen molar-refractivity contribution in [3.05, 3.63) is 78.1 Å². The van der Waals surface area contributed by atoms with Gasteiger partial charge in [-0.2, -0.15) is 5.10 Å². The van der Waals surface area contributed by atoms with Crippen LogP contribution in [0, 0.1) is 0 Å². The molecule has 0 radical (unpaired) electrons. The molecule has 2 N–H and O–H groups in total. The van der Waals surface area contributed by atoms with Gasteiger partial charge in [0, 0.05) is 45.5 Å². The number of nitrogens with one attached hydrogen (secondary N) is 2. The Kier molecular flexibility index (Phi) is 8.25. The molecule has 2 aromatic carbocycles. The lowest BCUT2D eigenvalue weighted by atomic mass is 10.2. The number of benzene rings is 2. The van der Waals surface area contributed by atoms with Crippen LogP contribution >= 0.6 is 0 Å². The fraction of sp³-hybridized carbons (Fsp3) is 0.292. The second-order valence-electron chi connectivity index (χ2n) is 7.28. The van der Waals surface area contributed by atoms with E-state index < -0.39 is 0 Å². The highest BCUT2D eigenvalue weighted by Crippen LogP contribution is 2.14. The molecule has 8 heteroatoms. The summed E-state index contributed by atoms with van der Waals surface area (Å²) < 4.78 is 7.44. The Morgan fingerprint density at radius 3 is 2.69 bits per heavy atom. The van der Waals surface area contributed by atoms with E-state index in [0.717, 1.165) is 22.8 Å². The molecule has 0 saturated carbocycles. The molecule has 0 atom stereocenters. The van der Waals surface area contributed by atoms with Crippen LogP contribution in [-0.4, -0.2) is 53.8 Å². The summed E-state index contributed by atoms with van der Waals surface area (Å²) in [6.45, 7) is 3.72. The van der Waals surface area contributed by atoms with Crippen molar-refractivity contribution in [2.75, 3.05) is 27.2 Å². The molecule has 8 nitrogen and oxygen atoms in total. The van der Waals surface area contributed by atoms with Gasteiger partial charge in [0.15, 0.2) is 12.6 Å².